The van der Waals surface area contributed by atoms with Crippen molar-refractivity contribution in [3.63, 3.8) is 0 Å². The molecule has 152 valence electrons. The second kappa shape index (κ2) is 8.38. The number of fused-ring (bicyclic) bond motifs is 1. The Morgan fingerprint density at radius 2 is 1.89 bits per heavy atom. The molecule has 1 aliphatic rings. The molecule has 0 spiro atoms. The van der Waals surface area contributed by atoms with Gasteiger partial charge in [0.25, 0.3) is 15.9 Å². The molecule has 1 saturated heterocycles. The van der Waals surface area contributed by atoms with Crippen LogP contribution in [0.15, 0.2) is 30.6 Å². The van der Waals surface area contributed by atoms with Gasteiger partial charge in [0.1, 0.15) is 0 Å². The number of non-ortho nitro benzene ring substituents is 1. The van der Waals surface area contributed by atoms with Crippen LogP contribution in [-0.2, 0) is 10.2 Å². The Labute approximate surface area is 164 Å². The van der Waals surface area contributed by atoms with E-state index in [1.807, 2.05) is 6.92 Å². The standard InChI is InChI=1S/C18H25N5O4S/c1-3-4-9-20(2)28(26,27)22-12-10-21(11-13-22)17-5-6-18(23(24)25)16-14-19-8-7-15(16)17/h5-8,14H,3-4,9-13H2,1-2H3. The summed E-state index contributed by atoms with van der Waals surface area (Å²) in [7, 11) is -1.84. The summed E-state index contributed by atoms with van der Waals surface area (Å²) in [6, 6.07) is 4.98. The Hall–Kier alpha value is -2.30. The molecule has 0 amide bonds. The van der Waals surface area contributed by atoms with Crippen molar-refractivity contribution in [3.05, 3.63) is 40.7 Å². The van der Waals surface area contributed by atoms with Crippen molar-refractivity contribution < 1.29 is 13.3 Å². The lowest BCUT2D eigenvalue weighted by atomic mass is 10.1. The van der Waals surface area contributed by atoms with Gasteiger partial charge in [0.2, 0.25) is 0 Å². The number of nitro groups is 1. The fourth-order valence-corrected chi connectivity index (χ4v) is 4.83. The SMILES string of the molecule is CCCCN(C)S(=O)(=O)N1CCN(c2ccc([N+](=O)[O-])c3cnccc23)CC1. The van der Waals surface area contributed by atoms with Gasteiger partial charge < -0.3 is 4.90 Å². The van der Waals surface area contributed by atoms with E-state index in [1.165, 1.54) is 20.9 Å². The summed E-state index contributed by atoms with van der Waals surface area (Å²) in [6.45, 7) is 4.35. The summed E-state index contributed by atoms with van der Waals surface area (Å²) < 4.78 is 28.4. The first-order valence-electron chi connectivity index (χ1n) is 9.33. The zero-order valence-corrected chi connectivity index (χ0v) is 16.9. The van der Waals surface area contributed by atoms with Crippen molar-refractivity contribution in [1.82, 2.24) is 13.6 Å². The Morgan fingerprint density at radius 3 is 2.54 bits per heavy atom. The molecule has 0 bridgehead atoms. The highest BCUT2D eigenvalue weighted by Gasteiger charge is 2.30. The number of benzene rings is 1. The highest BCUT2D eigenvalue weighted by molar-refractivity contribution is 7.86. The summed E-state index contributed by atoms with van der Waals surface area (Å²) in [5, 5.41) is 12.5. The van der Waals surface area contributed by atoms with Crippen molar-refractivity contribution in [2.24, 2.45) is 0 Å². The first kappa shape index (κ1) is 20.4. The number of pyridine rings is 1. The van der Waals surface area contributed by atoms with E-state index in [1.54, 1.807) is 25.4 Å². The lowest BCUT2D eigenvalue weighted by Crippen LogP contribution is -2.52. The third kappa shape index (κ3) is 3.94. The fraction of sp³-hybridized carbons (Fsp3) is 0.500. The first-order chi connectivity index (χ1) is 13.4. The van der Waals surface area contributed by atoms with E-state index >= 15 is 0 Å². The third-order valence-corrected chi connectivity index (χ3v) is 7.08. The van der Waals surface area contributed by atoms with E-state index in [0.717, 1.165) is 23.9 Å². The van der Waals surface area contributed by atoms with Crippen molar-refractivity contribution in [1.29, 1.82) is 0 Å². The lowest BCUT2D eigenvalue weighted by molar-refractivity contribution is -0.383. The van der Waals surface area contributed by atoms with Gasteiger partial charge in [-0.2, -0.15) is 17.0 Å². The van der Waals surface area contributed by atoms with Crippen molar-refractivity contribution in [2.75, 3.05) is 44.7 Å². The molecule has 2 heterocycles. The van der Waals surface area contributed by atoms with E-state index in [-0.39, 0.29) is 5.69 Å². The topological polar surface area (TPSA) is 99.9 Å². The number of hydrogen-bond acceptors (Lipinski definition) is 6. The molecule has 1 fully saturated rings. The van der Waals surface area contributed by atoms with Gasteiger partial charge in [-0.05, 0) is 18.6 Å². The summed E-state index contributed by atoms with van der Waals surface area (Å²) >= 11 is 0. The summed E-state index contributed by atoms with van der Waals surface area (Å²) in [6.07, 6.45) is 4.88. The minimum Gasteiger partial charge on any atom is -0.368 e. The minimum absolute atomic E-state index is 0.0191. The second-order valence-corrected chi connectivity index (χ2v) is 8.89. The number of hydrogen-bond donors (Lipinski definition) is 0. The van der Waals surface area contributed by atoms with Crippen LogP contribution in [0.4, 0.5) is 11.4 Å². The molecule has 1 aromatic carbocycles. The molecular weight excluding hydrogens is 382 g/mol. The fourth-order valence-electron chi connectivity index (χ4n) is 3.45. The van der Waals surface area contributed by atoms with Gasteiger partial charge in [0.15, 0.2) is 0 Å². The monoisotopic (exact) mass is 407 g/mol. The van der Waals surface area contributed by atoms with Crippen LogP contribution in [0.1, 0.15) is 19.8 Å². The summed E-state index contributed by atoms with van der Waals surface area (Å²) in [4.78, 5) is 17.0. The van der Waals surface area contributed by atoms with Crippen LogP contribution < -0.4 is 4.90 Å². The molecule has 0 N–H and O–H groups in total. The van der Waals surface area contributed by atoms with Gasteiger partial charge in [0, 0.05) is 69.3 Å². The summed E-state index contributed by atoms with van der Waals surface area (Å²) in [5.41, 5.74) is 0.880. The lowest BCUT2D eigenvalue weighted by Gasteiger charge is -2.37. The Bertz CT molecular complexity index is 958. The minimum atomic E-state index is -3.46. The van der Waals surface area contributed by atoms with Gasteiger partial charge in [-0.25, -0.2) is 0 Å². The molecule has 3 rings (SSSR count). The van der Waals surface area contributed by atoms with Crippen LogP contribution in [0.3, 0.4) is 0 Å². The van der Waals surface area contributed by atoms with Crippen molar-refractivity contribution in [2.45, 2.75) is 19.8 Å². The van der Waals surface area contributed by atoms with E-state index in [2.05, 4.69) is 9.88 Å². The van der Waals surface area contributed by atoms with Gasteiger partial charge in [-0.3, -0.25) is 15.1 Å². The number of aromatic nitrogens is 1. The van der Waals surface area contributed by atoms with Gasteiger partial charge >= 0.3 is 0 Å². The molecule has 0 aliphatic carbocycles. The second-order valence-electron chi connectivity index (χ2n) is 6.85. The average molecular weight is 407 g/mol. The Balaban J connectivity index is 1.79. The predicted molar refractivity (Wildman–Crippen MR) is 109 cm³/mol. The largest absolute Gasteiger partial charge is 0.368 e. The average Bonchev–Trinajstić information content (AvgIpc) is 2.71. The smallest absolute Gasteiger partial charge is 0.281 e. The first-order valence-corrected chi connectivity index (χ1v) is 10.7. The molecule has 10 heteroatoms. The molecule has 0 saturated carbocycles. The van der Waals surface area contributed by atoms with Gasteiger partial charge in [-0.1, -0.05) is 13.3 Å². The van der Waals surface area contributed by atoms with E-state index in [0.29, 0.717) is 38.1 Å². The molecule has 0 radical (unpaired) electrons. The number of nitrogens with zero attached hydrogens (tertiary/aromatic N) is 5. The maximum Gasteiger partial charge on any atom is 0.281 e. The highest BCUT2D eigenvalue weighted by atomic mass is 32.2. The Kier molecular flexibility index (Phi) is 6.11. The maximum atomic E-state index is 12.7. The molecular formula is C18H25N5O4S. The van der Waals surface area contributed by atoms with Crippen LogP contribution in [-0.4, -0.2) is 66.7 Å². The zero-order chi connectivity index (χ0) is 20.3. The highest BCUT2D eigenvalue weighted by Crippen LogP contribution is 2.33. The van der Waals surface area contributed by atoms with Crippen molar-refractivity contribution in [3.8, 4) is 0 Å². The summed E-state index contributed by atoms with van der Waals surface area (Å²) in [5.74, 6) is 0. The van der Waals surface area contributed by atoms with E-state index in [9.17, 15) is 18.5 Å². The normalized spacial score (nSPS) is 16.0. The number of rotatable bonds is 7. The molecule has 28 heavy (non-hydrogen) atoms. The Morgan fingerprint density at radius 1 is 1.18 bits per heavy atom. The zero-order valence-electron chi connectivity index (χ0n) is 16.1. The molecule has 1 aromatic heterocycles. The van der Waals surface area contributed by atoms with E-state index in [4.69, 9.17) is 0 Å². The van der Waals surface area contributed by atoms with Crippen LogP contribution in [0.25, 0.3) is 10.8 Å². The van der Waals surface area contributed by atoms with Crippen molar-refractivity contribution >= 4 is 32.4 Å². The third-order valence-electron chi connectivity index (χ3n) is 5.09. The number of piperazine rings is 1. The van der Waals surface area contributed by atoms with Gasteiger partial charge in [0.05, 0.1) is 10.3 Å². The molecule has 1 aliphatic heterocycles. The number of anilines is 1. The van der Waals surface area contributed by atoms with Crippen LogP contribution in [0, 0.1) is 10.1 Å². The van der Waals surface area contributed by atoms with E-state index < -0.39 is 15.1 Å². The number of unbranched alkanes of at least 4 members (excludes halogenated alkanes) is 1. The molecule has 2 aromatic rings. The maximum absolute atomic E-state index is 12.7. The van der Waals surface area contributed by atoms with Crippen LogP contribution in [0.2, 0.25) is 0 Å². The quantitative estimate of drug-likeness (QED) is 0.515. The molecule has 0 atom stereocenters. The molecule has 0 unspecified atom stereocenters. The van der Waals surface area contributed by atoms with Crippen LogP contribution >= 0.6 is 0 Å². The van der Waals surface area contributed by atoms with Gasteiger partial charge in [-0.15, -0.1) is 0 Å². The predicted octanol–water partition coefficient (Wildman–Crippen LogP) is 2.24. The van der Waals surface area contributed by atoms with Crippen LogP contribution in [0.5, 0.6) is 0 Å². The number of nitro benzene ring substituents is 1. The molecule has 9 nitrogen and oxygen atoms in total.